The van der Waals surface area contributed by atoms with E-state index in [1.165, 1.54) is 12.1 Å². The first-order valence-corrected chi connectivity index (χ1v) is 5.57. The van der Waals surface area contributed by atoms with Crippen LogP contribution in [0.15, 0.2) is 23.0 Å². The van der Waals surface area contributed by atoms with Crippen molar-refractivity contribution in [2.75, 3.05) is 17.6 Å². The van der Waals surface area contributed by atoms with Crippen LogP contribution in [-0.4, -0.2) is 16.2 Å². The van der Waals surface area contributed by atoms with E-state index in [2.05, 4.69) is 5.32 Å². The summed E-state index contributed by atoms with van der Waals surface area (Å²) in [4.78, 5) is 11.5. The summed E-state index contributed by atoms with van der Waals surface area (Å²) < 4.78 is 2.00. The summed E-state index contributed by atoms with van der Waals surface area (Å²) in [5.41, 5.74) is 7.82. The second-order valence-corrected chi connectivity index (χ2v) is 4.26. The highest BCUT2D eigenvalue weighted by Crippen LogP contribution is 2.33. The van der Waals surface area contributed by atoms with Crippen LogP contribution < -0.4 is 16.5 Å². The minimum absolute atomic E-state index is 0.235. The molecule has 0 amide bonds. The van der Waals surface area contributed by atoms with E-state index < -0.39 is 0 Å². The molecule has 2 heterocycles. The summed E-state index contributed by atoms with van der Waals surface area (Å²) in [7, 11) is 0. The first-order valence-electron chi connectivity index (χ1n) is 5.57. The maximum atomic E-state index is 11.5. The number of anilines is 2. The van der Waals surface area contributed by atoms with Crippen LogP contribution >= 0.6 is 0 Å². The van der Waals surface area contributed by atoms with Crippen molar-refractivity contribution in [3.8, 4) is 17.0 Å². The molecule has 5 nitrogen and oxygen atoms in total. The van der Waals surface area contributed by atoms with Crippen molar-refractivity contribution in [1.82, 2.24) is 4.57 Å². The molecule has 0 spiro atoms. The average molecular weight is 231 g/mol. The molecule has 0 bridgehead atoms. The van der Waals surface area contributed by atoms with Crippen LogP contribution in [0.1, 0.15) is 6.42 Å². The zero-order valence-electron chi connectivity index (χ0n) is 9.23. The second kappa shape index (κ2) is 3.41. The summed E-state index contributed by atoms with van der Waals surface area (Å²) >= 11 is 0. The van der Waals surface area contributed by atoms with Crippen LogP contribution in [0.3, 0.4) is 0 Å². The van der Waals surface area contributed by atoms with E-state index in [0.29, 0.717) is 5.69 Å². The summed E-state index contributed by atoms with van der Waals surface area (Å²) in [5.74, 6) is 0.620. The molecule has 0 unspecified atom stereocenters. The van der Waals surface area contributed by atoms with Crippen molar-refractivity contribution in [1.29, 1.82) is 0 Å². The van der Waals surface area contributed by atoms with E-state index in [1.54, 1.807) is 6.07 Å². The third-order valence-corrected chi connectivity index (χ3v) is 3.10. The van der Waals surface area contributed by atoms with E-state index in [9.17, 15) is 9.90 Å². The van der Waals surface area contributed by atoms with Crippen molar-refractivity contribution < 1.29 is 5.11 Å². The highest BCUT2D eigenvalue weighted by atomic mass is 16.3. The highest BCUT2D eigenvalue weighted by Gasteiger charge is 2.18. The maximum Gasteiger partial charge on any atom is 0.222 e. The van der Waals surface area contributed by atoms with Gasteiger partial charge in [-0.3, -0.25) is 4.79 Å². The predicted octanol–water partition coefficient (Wildman–Crippen LogP) is 1.06. The van der Waals surface area contributed by atoms with Gasteiger partial charge in [-0.25, -0.2) is 0 Å². The van der Waals surface area contributed by atoms with Gasteiger partial charge in [0.25, 0.3) is 0 Å². The lowest BCUT2D eigenvalue weighted by molar-refractivity contribution is 0.470. The third kappa shape index (κ3) is 1.43. The Balaban J connectivity index is 2.39. The van der Waals surface area contributed by atoms with Gasteiger partial charge in [0.15, 0.2) is 5.75 Å². The molecule has 0 aromatic carbocycles. The van der Waals surface area contributed by atoms with Gasteiger partial charge in [0.05, 0.1) is 11.4 Å². The Hall–Kier alpha value is -2.17. The Labute approximate surface area is 97.8 Å². The molecule has 0 radical (unpaired) electrons. The number of hydrogen-bond donors (Lipinski definition) is 3. The Morgan fingerprint density at radius 3 is 3.00 bits per heavy atom. The van der Waals surface area contributed by atoms with Gasteiger partial charge in [-0.05, 0) is 18.6 Å². The van der Waals surface area contributed by atoms with Crippen LogP contribution in [-0.2, 0) is 6.54 Å². The summed E-state index contributed by atoms with van der Waals surface area (Å²) in [6.07, 6.45) is 0.991. The molecule has 0 saturated heterocycles. The number of nitrogen functional groups attached to an aromatic ring is 1. The molecule has 0 fully saturated rings. The smallest absolute Gasteiger partial charge is 0.222 e. The first kappa shape index (κ1) is 10.0. The number of benzene rings is 1. The number of aromatic hydroxyl groups is 1. The number of fused-ring (bicyclic) bond motifs is 3. The predicted molar refractivity (Wildman–Crippen MR) is 66.5 cm³/mol. The van der Waals surface area contributed by atoms with E-state index in [1.807, 2.05) is 4.57 Å². The van der Waals surface area contributed by atoms with Gasteiger partial charge in [0, 0.05) is 24.7 Å². The number of phenols is 1. The van der Waals surface area contributed by atoms with Crippen molar-refractivity contribution in [3.63, 3.8) is 0 Å². The minimum atomic E-state index is -0.359. The highest BCUT2D eigenvalue weighted by molar-refractivity contribution is 5.76. The number of nitrogens with two attached hydrogens (primary N) is 1. The molecule has 3 rings (SSSR count). The van der Waals surface area contributed by atoms with Gasteiger partial charge >= 0.3 is 0 Å². The lowest BCUT2D eigenvalue weighted by atomic mass is 10.1. The number of hydrogen-bond acceptors (Lipinski definition) is 4. The normalized spacial score (nSPS) is 14.4. The van der Waals surface area contributed by atoms with Crippen molar-refractivity contribution in [3.05, 3.63) is 28.4 Å². The minimum Gasteiger partial charge on any atom is -0.504 e. The van der Waals surface area contributed by atoms with Crippen LogP contribution in [0, 0.1) is 0 Å². The van der Waals surface area contributed by atoms with Crippen molar-refractivity contribution >= 4 is 11.5 Å². The number of pyridine rings is 1. The molecular weight excluding hydrogens is 218 g/mol. The summed E-state index contributed by atoms with van der Waals surface area (Å²) in [6, 6.07) is 4.70. The fraction of sp³-hybridized carbons (Fsp3) is 0.250. The fourth-order valence-electron chi connectivity index (χ4n) is 2.31. The Bertz CT molecular complexity index is 618. The Kier molecular flexibility index (Phi) is 2.01. The lowest BCUT2D eigenvalue weighted by Gasteiger charge is -2.27. The van der Waals surface area contributed by atoms with E-state index in [0.717, 1.165) is 36.6 Å². The largest absolute Gasteiger partial charge is 0.504 e. The molecule has 17 heavy (non-hydrogen) atoms. The van der Waals surface area contributed by atoms with Gasteiger partial charge < -0.3 is 20.7 Å². The Morgan fingerprint density at radius 2 is 2.18 bits per heavy atom. The quantitative estimate of drug-likeness (QED) is 0.633. The monoisotopic (exact) mass is 231 g/mol. The van der Waals surface area contributed by atoms with Crippen LogP contribution in [0.2, 0.25) is 0 Å². The number of nitrogens with zero attached hydrogens (tertiary/aromatic N) is 1. The van der Waals surface area contributed by atoms with E-state index in [-0.39, 0.29) is 11.2 Å². The van der Waals surface area contributed by atoms with Crippen LogP contribution in [0.5, 0.6) is 5.75 Å². The van der Waals surface area contributed by atoms with Crippen LogP contribution in [0.4, 0.5) is 11.5 Å². The molecule has 0 aromatic heterocycles. The molecule has 0 saturated carbocycles. The average Bonchev–Trinajstić information content (AvgIpc) is 2.32. The number of rotatable bonds is 0. The Morgan fingerprint density at radius 1 is 1.35 bits per heavy atom. The van der Waals surface area contributed by atoms with Crippen molar-refractivity contribution in [2.45, 2.75) is 13.0 Å². The van der Waals surface area contributed by atoms with Gasteiger partial charge in [-0.2, -0.15) is 0 Å². The zero-order chi connectivity index (χ0) is 12.0. The SMILES string of the molecule is Nc1cc2cc(O)c(=O)cc-2n2c1NCCC2. The van der Waals surface area contributed by atoms with Gasteiger partial charge in [0.1, 0.15) is 5.82 Å². The van der Waals surface area contributed by atoms with E-state index >= 15 is 0 Å². The molecule has 1 aliphatic carbocycles. The molecule has 88 valence electrons. The lowest BCUT2D eigenvalue weighted by Crippen LogP contribution is -2.22. The third-order valence-electron chi connectivity index (χ3n) is 3.10. The topological polar surface area (TPSA) is 80.3 Å². The molecule has 0 aromatic rings. The zero-order valence-corrected chi connectivity index (χ0v) is 9.23. The molecule has 0 atom stereocenters. The number of aromatic nitrogens is 1. The second-order valence-electron chi connectivity index (χ2n) is 4.26. The number of nitrogens with one attached hydrogen (secondary N) is 1. The van der Waals surface area contributed by atoms with Gasteiger partial charge in [0.2, 0.25) is 5.43 Å². The maximum absolute atomic E-state index is 11.5. The molecule has 5 heteroatoms. The fourth-order valence-corrected chi connectivity index (χ4v) is 2.31. The van der Waals surface area contributed by atoms with Gasteiger partial charge in [-0.15, -0.1) is 0 Å². The summed E-state index contributed by atoms with van der Waals surface area (Å²) in [6.45, 7) is 1.71. The van der Waals surface area contributed by atoms with E-state index in [4.69, 9.17) is 5.73 Å². The standard InChI is InChI=1S/C12H13N3O2/c13-8-4-7-5-10(16)11(17)6-9(7)15-3-1-2-14-12(8)15/h4-6,14,16H,1-3,13H2. The molecule has 3 aliphatic rings. The first-order chi connectivity index (χ1) is 8.16. The number of phenolic OH excluding ortho intramolecular Hbond substituents is 1. The molecular formula is C12H13N3O2. The summed E-state index contributed by atoms with van der Waals surface area (Å²) in [5, 5.41) is 12.7. The molecule has 4 N–H and O–H groups in total. The van der Waals surface area contributed by atoms with Crippen LogP contribution in [0.25, 0.3) is 11.3 Å². The van der Waals surface area contributed by atoms with Gasteiger partial charge in [-0.1, -0.05) is 0 Å². The molecule has 2 aliphatic heterocycles. The van der Waals surface area contributed by atoms with Crippen molar-refractivity contribution in [2.24, 2.45) is 0 Å².